The fraction of sp³-hybridized carbons (Fsp3) is 0.478. The lowest BCUT2D eigenvalue weighted by Crippen LogP contribution is -2.24. The molecule has 3 heterocycles. The minimum Gasteiger partial charge on any atom is -0.465 e. The number of anilines is 1. The first-order valence-corrected chi connectivity index (χ1v) is 12.7. The number of carbonyl (C=O) groups excluding carboxylic acids is 2. The van der Waals surface area contributed by atoms with Gasteiger partial charge in [0.25, 0.3) is 5.56 Å². The second-order valence-electron chi connectivity index (χ2n) is 8.34. The molecule has 32 heavy (non-hydrogen) atoms. The molecule has 1 amide bonds. The molecular formula is C23H25N3O4S2. The number of hydrogen-bond donors (Lipinski definition) is 1. The summed E-state index contributed by atoms with van der Waals surface area (Å²) in [5.74, 6) is -0.638. The normalized spacial score (nSPS) is 15.3. The van der Waals surface area contributed by atoms with E-state index in [1.165, 1.54) is 27.9 Å². The number of nitrogens with zero attached hydrogens (tertiary/aromatic N) is 2. The number of esters is 1. The Morgan fingerprint density at radius 3 is 2.50 bits per heavy atom. The molecule has 0 aliphatic heterocycles. The average molecular weight is 472 g/mol. The number of aromatic nitrogens is 2. The first-order valence-electron chi connectivity index (χ1n) is 11.1. The number of nitrogens with one attached hydrogen (secondary N) is 1. The van der Waals surface area contributed by atoms with Crippen LogP contribution in [0.15, 0.2) is 11.1 Å². The van der Waals surface area contributed by atoms with Crippen LogP contribution in [0.5, 0.6) is 0 Å². The zero-order valence-corrected chi connectivity index (χ0v) is 19.6. The largest absolute Gasteiger partial charge is 0.465 e. The van der Waals surface area contributed by atoms with Crippen LogP contribution < -0.4 is 10.9 Å². The molecule has 3 aromatic rings. The van der Waals surface area contributed by atoms with Gasteiger partial charge < -0.3 is 10.1 Å². The van der Waals surface area contributed by atoms with Crippen LogP contribution in [0.3, 0.4) is 0 Å². The van der Waals surface area contributed by atoms with E-state index in [1.54, 1.807) is 17.7 Å². The predicted molar refractivity (Wildman–Crippen MR) is 126 cm³/mol. The Morgan fingerprint density at radius 1 is 1.06 bits per heavy atom. The maximum Gasteiger partial charge on any atom is 0.341 e. The molecule has 0 bridgehead atoms. The molecule has 0 fully saturated rings. The van der Waals surface area contributed by atoms with Crippen molar-refractivity contribution in [3.63, 3.8) is 0 Å². The van der Waals surface area contributed by atoms with Crippen LogP contribution >= 0.6 is 22.7 Å². The molecule has 2 aliphatic carbocycles. The molecule has 0 saturated carbocycles. The van der Waals surface area contributed by atoms with Crippen molar-refractivity contribution >= 4 is 49.8 Å². The molecule has 168 valence electrons. The maximum absolute atomic E-state index is 13.1. The summed E-state index contributed by atoms with van der Waals surface area (Å²) in [4.78, 5) is 45.9. The van der Waals surface area contributed by atoms with Crippen LogP contribution in [-0.2, 0) is 41.8 Å². The third kappa shape index (κ3) is 3.77. The highest BCUT2D eigenvalue weighted by Crippen LogP contribution is 2.38. The zero-order chi connectivity index (χ0) is 22.2. The van der Waals surface area contributed by atoms with Gasteiger partial charge in [0, 0.05) is 22.7 Å². The number of ether oxygens (including phenoxy) is 1. The summed E-state index contributed by atoms with van der Waals surface area (Å²) in [6.07, 6.45) is 9.76. The van der Waals surface area contributed by atoms with Gasteiger partial charge >= 0.3 is 5.97 Å². The van der Waals surface area contributed by atoms with Gasteiger partial charge in [-0.2, -0.15) is 0 Å². The van der Waals surface area contributed by atoms with E-state index in [2.05, 4.69) is 10.3 Å². The number of aryl methyl sites for hydroxylation is 4. The quantitative estimate of drug-likeness (QED) is 0.566. The topological polar surface area (TPSA) is 90.3 Å². The molecule has 1 N–H and O–H groups in total. The van der Waals surface area contributed by atoms with Gasteiger partial charge in [-0.3, -0.25) is 14.2 Å². The highest BCUT2D eigenvalue weighted by atomic mass is 32.1. The van der Waals surface area contributed by atoms with E-state index >= 15 is 0 Å². The molecule has 0 unspecified atom stereocenters. The summed E-state index contributed by atoms with van der Waals surface area (Å²) in [6, 6.07) is 0. The van der Waals surface area contributed by atoms with Crippen molar-refractivity contribution in [3.8, 4) is 0 Å². The monoisotopic (exact) mass is 471 g/mol. The average Bonchev–Trinajstić information content (AvgIpc) is 3.36. The van der Waals surface area contributed by atoms with Gasteiger partial charge in [-0.05, 0) is 62.5 Å². The van der Waals surface area contributed by atoms with Crippen molar-refractivity contribution < 1.29 is 14.3 Å². The van der Waals surface area contributed by atoms with Crippen LogP contribution in [0.2, 0.25) is 0 Å². The lowest BCUT2D eigenvalue weighted by atomic mass is 9.95. The molecule has 7 nitrogen and oxygen atoms in total. The number of thiophene rings is 2. The number of rotatable bonds is 5. The lowest BCUT2D eigenvalue weighted by molar-refractivity contribution is -0.116. The molecule has 0 saturated heterocycles. The molecule has 0 spiro atoms. The number of fused-ring (bicyclic) bond motifs is 4. The molecule has 3 aromatic heterocycles. The van der Waals surface area contributed by atoms with E-state index in [1.807, 2.05) is 0 Å². The van der Waals surface area contributed by atoms with E-state index < -0.39 is 5.97 Å². The van der Waals surface area contributed by atoms with Crippen LogP contribution in [0, 0.1) is 0 Å². The summed E-state index contributed by atoms with van der Waals surface area (Å²) in [6.45, 7) is 0.247. The maximum atomic E-state index is 13.1. The second kappa shape index (κ2) is 8.78. The van der Waals surface area contributed by atoms with Crippen LogP contribution in [0.4, 0.5) is 5.00 Å². The highest BCUT2D eigenvalue weighted by molar-refractivity contribution is 7.18. The van der Waals surface area contributed by atoms with Gasteiger partial charge in [-0.1, -0.05) is 0 Å². The van der Waals surface area contributed by atoms with Crippen LogP contribution in [-0.4, -0.2) is 28.5 Å². The van der Waals surface area contributed by atoms with Gasteiger partial charge in [0.15, 0.2) is 0 Å². The Balaban J connectivity index is 1.34. The number of methoxy groups -OCH3 is 1. The Morgan fingerprint density at radius 2 is 1.75 bits per heavy atom. The fourth-order valence-electron chi connectivity index (χ4n) is 4.72. The molecule has 2 aliphatic rings. The van der Waals surface area contributed by atoms with Gasteiger partial charge in [0.1, 0.15) is 9.83 Å². The van der Waals surface area contributed by atoms with Gasteiger partial charge in [0.2, 0.25) is 5.91 Å². The zero-order valence-electron chi connectivity index (χ0n) is 18.0. The van der Waals surface area contributed by atoms with Crippen molar-refractivity contribution in [3.05, 3.63) is 43.1 Å². The smallest absolute Gasteiger partial charge is 0.341 e. The molecule has 5 rings (SSSR count). The van der Waals surface area contributed by atoms with E-state index in [4.69, 9.17) is 4.74 Å². The first-order chi connectivity index (χ1) is 15.6. The second-order valence-corrected chi connectivity index (χ2v) is 10.5. The lowest BCUT2D eigenvalue weighted by Gasteiger charge is -2.12. The van der Waals surface area contributed by atoms with Crippen LogP contribution in [0.1, 0.15) is 63.3 Å². The first kappa shape index (κ1) is 21.3. The molecule has 9 heteroatoms. The summed E-state index contributed by atoms with van der Waals surface area (Å²) < 4.78 is 6.50. The van der Waals surface area contributed by atoms with Gasteiger partial charge in [-0.25, -0.2) is 9.78 Å². The SMILES string of the molecule is COC(=O)c1c(NC(=O)CCn2cnc3sc4c(c3c2=O)CCCC4)sc2c1CCCC2. The predicted octanol–water partition coefficient (Wildman–Crippen LogP) is 4.09. The third-order valence-corrected chi connectivity index (χ3v) is 8.74. The van der Waals surface area contributed by atoms with Gasteiger partial charge in [0.05, 0.1) is 24.4 Å². The Bertz CT molecular complexity index is 1270. The Hall–Kier alpha value is -2.52. The summed E-state index contributed by atoms with van der Waals surface area (Å²) in [5.41, 5.74) is 2.59. The van der Waals surface area contributed by atoms with Crippen molar-refractivity contribution in [2.24, 2.45) is 0 Å². The minimum atomic E-state index is -0.409. The van der Waals surface area contributed by atoms with E-state index in [0.717, 1.165) is 77.6 Å². The molecule has 0 radical (unpaired) electrons. The Kier molecular flexibility index (Phi) is 5.86. The minimum absolute atomic E-state index is 0.0657. The van der Waals surface area contributed by atoms with Crippen molar-refractivity contribution in [1.82, 2.24) is 9.55 Å². The fourth-order valence-corrected chi connectivity index (χ4v) is 7.24. The molecular weight excluding hydrogens is 446 g/mol. The number of amides is 1. The van der Waals surface area contributed by atoms with E-state index in [-0.39, 0.29) is 24.4 Å². The molecule has 0 atom stereocenters. The van der Waals surface area contributed by atoms with Gasteiger partial charge in [-0.15, -0.1) is 22.7 Å². The Labute approximate surface area is 193 Å². The van der Waals surface area contributed by atoms with Crippen molar-refractivity contribution in [1.29, 1.82) is 0 Å². The number of hydrogen-bond acceptors (Lipinski definition) is 7. The van der Waals surface area contributed by atoms with Crippen molar-refractivity contribution in [2.75, 3.05) is 12.4 Å². The summed E-state index contributed by atoms with van der Waals surface area (Å²) in [5, 5.41) is 4.19. The van der Waals surface area contributed by atoms with E-state index in [9.17, 15) is 14.4 Å². The highest BCUT2D eigenvalue weighted by Gasteiger charge is 2.27. The standard InChI is InChI=1S/C23H25N3O4S2/c1-30-23(29)19-14-7-3-5-9-16(14)32-21(19)25-17(27)10-11-26-12-24-20-18(22(26)28)13-6-2-4-8-15(13)31-20/h12H,2-11H2,1H3,(H,25,27). The number of carbonyl (C=O) groups is 2. The van der Waals surface area contributed by atoms with Crippen molar-refractivity contribution in [2.45, 2.75) is 64.3 Å². The summed E-state index contributed by atoms with van der Waals surface area (Å²) >= 11 is 3.09. The summed E-state index contributed by atoms with van der Waals surface area (Å²) in [7, 11) is 1.36. The van der Waals surface area contributed by atoms with Crippen LogP contribution in [0.25, 0.3) is 10.2 Å². The molecule has 0 aromatic carbocycles. The van der Waals surface area contributed by atoms with E-state index in [0.29, 0.717) is 10.6 Å². The third-order valence-electron chi connectivity index (χ3n) is 6.34.